The van der Waals surface area contributed by atoms with Gasteiger partial charge in [0.25, 0.3) is 0 Å². The molecule has 3 aromatic rings. The Kier molecular flexibility index (Phi) is 6.09. The van der Waals surface area contributed by atoms with Crippen LogP contribution >= 0.6 is 34.8 Å². The maximum atomic E-state index is 12.8. The fourth-order valence-electron chi connectivity index (χ4n) is 3.55. The summed E-state index contributed by atoms with van der Waals surface area (Å²) in [5, 5.41) is 10.3. The summed E-state index contributed by atoms with van der Waals surface area (Å²) in [5.41, 5.74) is 2.88. The van der Waals surface area contributed by atoms with Crippen molar-refractivity contribution in [1.29, 1.82) is 0 Å². The van der Waals surface area contributed by atoms with Crippen LogP contribution in [0.1, 0.15) is 19.3 Å². The largest absolute Gasteiger partial charge is 0.341 e. The smallest absolute Gasteiger partial charge is 0.244 e. The Morgan fingerprint density at radius 3 is 2.31 bits per heavy atom. The average Bonchev–Trinajstić information content (AvgIpc) is 3.12. The monoisotopic (exact) mass is 448 g/mol. The van der Waals surface area contributed by atoms with E-state index >= 15 is 0 Å². The van der Waals surface area contributed by atoms with E-state index < -0.39 is 0 Å². The predicted octanol–water partition coefficient (Wildman–Crippen LogP) is 5.58. The van der Waals surface area contributed by atoms with Crippen molar-refractivity contribution in [2.75, 3.05) is 13.1 Å². The molecule has 1 fully saturated rings. The van der Waals surface area contributed by atoms with Gasteiger partial charge in [-0.2, -0.15) is 0 Å². The molecule has 1 aliphatic rings. The third-order valence-corrected chi connectivity index (χ3v) is 5.83. The van der Waals surface area contributed by atoms with Gasteiger partial charge in [0.1, 0.15) is 12.2 Å². The van der Waals surface area contributed by atoms with Crippen LogP contribution in [0.25, 0.3) is 22.5 Å². The highest BCUT2D eigenvalue weighted by atomic mass is 35.5. The summed E-state index contributed by atoms with van der Waals surface area (Å²) in [4.78, 5) is 14.7. The number of carbonyl (C=O) groups excluding carboxylic acids is 1. The van der Waals surface area contributed by atoms with E-state index in [1.54, 1.807) is 28.9 Å². The second-order valence-electron chi connectivity index (χ2n) is 7.02. The number of likely N-dealkylation sites (tertiary alicyclic amines) is 1. The highest BCUT2D eigenvalue weighted by molar-refractivity contribution is 6.36. The molecule has 1 saturated heterocycles. The van der Waals surface area contributed by atoms with Gasteiger partial charge < -0.3 is 4.90 Å². The molecule has 0 spiro atoms. The first kappa shape index (κ1) is 20.2. The molecule has 8 heteroatoms. The first-order valence-corrected chi connectivity index (χ1v) is 10.6. The number of hydrogen-bond acceptors (Lipinski definition) is 3. The zero-order chi connectivity index (χ0) is 20.4. The van der Waals surface area contributed by atoms with E-state index in [9.17, 15) is 4.79 Å². The molecule has 1 aliphatic heterocycles. The fraction of sp³-hybridized carbons (Fsp3) is 0.286. The first-order valence-electron chi connectivity index (χ1n) is 9.45. The maximum absolute atomic E-state index is 12.8. The summed E-state index contributed by atoms with van der Waals surface area (Å²) in [5.74, 6) is 0.0403. The lowest BCUT2D eigenvalue weighted by molar-refractivity contribution is -0.132. The quantitative estimate of drug-likeness (QED) is 0.522. The van der Waals surface area contributed by atoms with Crippen LogP contribution in [-0.2, 0) is 11.3 Å². The summed E-state index contributed by atoms with van der Waals surface area (Å²) in [6.07, 6.45) is 3.25. The Morgan fingerprint density at radius 1 is 0.931 bits per heavy atom. The van der Waals surface area contributed by atoms with Crippen LogP contribution in [0.5, 0.6) is 0 Å². The Balaban J connectivity index is 1.76. The molecule has 0 radical (unpaired) electrons. The lowest BCUT2D eigenvalue weighted by Gasteiger charge is -2.26. The highest BCUT2D eigenvalue weighted by Crippen LogP contribution is 2.36. The van der Waals surface area contributed by atoms with Crippen molar-refractivity contribution in [3.05, 3.63) is 57.5 Å². The van der Waals surface area contributed by atoms with Crippen LogP contribution in [0.4, 0.5) is 0 Å². The zero-order valence-electron chi connectivity index (χ0n) is 15.6. The van der Waals surface area contributed by atoms with Gasteiger partial charge >= 0.3 is 0 Å². The van der Waals surface area contributed by atoms with Gasteiger partial charge in [0.05, 0.1) is 10.7 Å². The normalized spacial score (nSPS) is 14.2. The van der Waals surface area contributed by atoms with Gasteiger partial charge in [0.15, 0.2) is 0 Å². The molecule has 4 rings (SSSR count). The minimum Gasteiger partial charge on any atom is -0.341 e. The minimum atomic E-state index is 0.0403. The lowest BCUT2D eigenvalue weighted by atomic mass is 10.0. The molecule has 0 N–H and O–H groups in total. The van der Waals surface area contributed by atoms with E-state index in [1.165, 1.54) is 6.42 Å². The molecule has 0 atom stereocenters. The van der Waals surface area contributed by atoms with E-state index in [2.05, 4.69) is 10.3 Å². The van der Waals surface area contributed by atoms with Crippen LogP contribution in [-0.4, -0.2) is 38.9 Å². The van der Waals surface area contributed by atoms with Crippen LogP contribution in [0.3, 0.4) is 0 Å². The number of benzene rings is 2. The van der Waals surface area contributed by atoms with E-state index in [1.807, 2.05) is 23.1 Å². The summed E-state index contributed by atoms with van der Waals surface area (Å²) >= 11 is 18.5. The Morgan fingerprint density at radius 2 is 1.62 bits per heavy atom. The van der Waals surface area contributed by atoms with Gasteiger partial charge in [-0.05, 0) is 49.6 Å². The number of hydrogen-bond donors (Lipinski definition) is 0. The Bertz CT molecular complexity index is 1030. The topological polar surface area (TPSA) is 51.0 Å². The molecule has 1 amide bonds. The standard InChI is InChI=1S/C21H19Cl3N4O/c22-15-6-4-14(5-7-15)21-20(17-9-8-16(23)12-18(17)24)25-26-28(21)13-19(29)27-10-2-1-3-11-27/h4-9,12H,1-3,10-11,13H2. The molecule has 29 heavy (non-hydrogen) atoms. The van der Waals surface area contributed by atoms with Gasteiger partial charge in [-0.3, -0.25) is 4.79 Å². The van der Waals surface area contributed by atoms with E-state index in [4.69, 9.17) is 34.8 Å². The molecule has 1 aromatic heterocycles. The highest BCUT2D eigenvalue weighted by Gasteiger charge is 2.23. The van der Waals surface area contributed by atoms with Crippen molar-refractivity contribution >= 4 is 40.7 Å². The van der Waals surface area contributed by atoms with Gasteiger partial charge in [0, 0.05) is 34.3 Å². The second kappa shape index (κ2) is 8.74. The molecular weight excluding hydrogens is 431 g/mol. The number of halogens is 3. The third kappa shape index (κ3) is 4.42. The van der Waals surface area contributed by atoms with Crippen LogP contribution in [0.2, 0.25) is 15.1 Å². The SMILES string of the molecule is O=C(Cn1nnc(-c2ccc(Cl)cc2Cl)c1-c1ccc(Cl)cc1)N1CCCCC1. The van der Waals surface area contributed by atoms with E-state index in [0.717, 1.165) is 37.2 Å². The molecule has 0 aliphatic carbocycles. The fourth-order valence-corrected chi connectivity index (χ4v) is 4.18. The van der Waals surface area contributed by atoms with Crippen molar-refractivity contribution in [3.8, 4) is 22.5 Å². The molecule has 2 aromatic carbocycles. The molecule has 0 unspecified atom stereocenters. The van der Waals surface area contributed by atoms with Gasteiger partial charge in [-0.15, -0.1) is 5.10 Å². The first-order chi connectivity index (χ1) is 14.0. The minimum absolute atomic E-state index is 0.0403. The van der Waals surface area contributed by atoms with Gasteiger partial charge in [-0.1, -0.05) is 52.1 Å². The molecule has 5 nitrogen and oxygen atoms in total. The molecule has 150 valence electrons. The van der Waals surface area contributed by atoms with Crippen molar-refractivity contribution in [2.45, 2.75) is 25.8 Å². The Hall–Kier alpha value is -2.08. The Labute approximate surface area is 184 Å². The number of carbonyl (C=O) groups is 1. The number of rotatable bonds is 4. The number of amides is 1. The number of nitrogens with zero attached hydrogens (tertiary/aromatic N) is 4. The van der Waals surface area contributed by atoms with Crippen LogP contribution in [0, 0.1) is 0 Å². The van der Waals surface area contributed by atoms with Gasteiger partial charge in [0.2, 0.25) is 5.91 Å². The van der Waals surface area contributed by atoms with Crippen molar-refractivity contribution in [1.82, 2.24) is 19.9 Å². The van der Waals surface area contributed by atoms with E-state index in [-0.39, 0.29) is 12.5 Å². The van der Waals surface area contributed by atoms with Crippen molar-refractivity contribution in [3.63, 3.8) is 0 Å². The molecule has 0 saturated carbocycles. The summed E-state index contributed by atoms with van der Waals surface area (Å²) in [7, 11) is 0. The number of aromatic nitrogens is 3. The summed E-state index contributed by atoms with van der Waals surface area (Å²) in [6.45, 7) is 1.70. The average molecular weight is 450 g/mol. The van der Waals surface area contributed by atoms with Gasteiger partial charge in [-0.25, -0.2) is 4.68 Å². The zero-order valence-corrected chi connectivity index (χ0v) is 17.9. The maximum Gasteiger partial charge on any atom is 0.244 e. The van der Waals surface area contributed by atoms with Crippen LogP contribution < -0.4 is 0 Å². The summed E-state index contributed by atoms with van der Waals surface area (Å²) in [6, 6.07) is 12.6. The summed E-state index contributed by atoms with van der Waals surface area (Å²) < 4.78 is 1.64. The number of piperidine rings is 1. The predicted molar refractivity (Wildman–Crippen MR) is 116 cm³/mol. The molecule has 2 heterocycles. The molecule has 0 bridgehead atoms. The third-order valence-electron chi connectivity index (χ3n) is 5.03. The molecular formula is C21H19Cl3N4O. The van der Waals surface area contributed by atoms with E-state index in [0.29, 0.717) is 26.3 Å². The second-order valence-corrected chi connectivity index (χ2v) is 8.30. The van der Waals surface area contributed by atoms with Crippen LogP contribution in [0.15, 0.2) is 42.5 Å². The van der Waals surface area contributed by atoms with Crippen molar-refractivity contribution < 1.29 is 4.79 Å². The lowest BCUT2D eigenvalue weighted by Crippen LogP contribution is -2.38. The van der Waals surface area contributed by atoms with Crippen molar-refractivity contribution in [2.24, 2.45) is 0 Å².